The molecule has 8 heteroatoms. The van der Waals surface area contributed by atoms with Crippen LogP contribution in [0.4, 0.5) is 0 Å². The lowest BCUT2D eigenvalue weighted by molar-refractivity contribution is -0.0000342. The van der Waals surface area contributed by atoms with Crippen LogP contribution in [-0.2, 0) is 4.74 Å². The van der Waals surface area contributed by atoms with Crippen molar-refractivity contribution in [1.82, 2.24) is 4.90 Å². The van der Waals surface area contributed by atoms with E-state index in [9.17, 15) is 5.11 Å². The highest BCUT2D eigenvalue weighted by Crippen LogP contribution is 2.36. The molecule has 0 aliphatic carbocycles. The molecule has 1 fully saturated rings. The zero-order valence-electron chi connectivity index (χ0n) is 11.2. The quantitative estimate of drug-likeness (QED) is 0.610. The second-order valence-corrected chi connectivity index (χ2v) is 7.20. The summed E-state index contributed by atoms with van der Waals surface area (Å²) >= 11 is 10.3. The van der Waals surface area contributed by atoms with Crippen molar-refractivity contribution in [2.45, 2.75) is 6.10 Å². The standard InChI is InChI=1S/C13H16Br3NO3.ClH/c14-9-5-11(15)13(12(16)6-9)20-8-10(18)7-17-1-3-19-4-2-17;/h5-6,10,18H,1-4,7-8H2;1H/p-1. The lowest BCUT2D eigenvalue weighted by Crippen LogP contribution is -3.00. The van der Waals surface area contributed by atoms with Crippen molar-refractivity contribution in [2.75, 3.05) is 39.5 Å². The van der Waals surface area contributed by atoms with Crippen molar-refractivity contribution in [2.24, 2.45) is 0 Å². The predicted octanol–water partition coefficient (Wildman–Crippen LogP) is 0.0500. The fourth-order valence-electron chi connectivity index (χ4n) is 1.98. The molecular formula is C13H16Br3ClNO3-. The molecule has 0 saturated carbocycles. The van der Waals surface area contributed by atoms with Gasteiger partial charge in [-0.05, 0) is 44.0 Å². The maximum Gasteiger partial charge on any atom is 0.147 e. The van der Waals surface area contributed by atoms with Crippen LogP contribution in [-0.4, -0.2) is 55.6 Å². The van der Waals surface area contributed by atoms with Gasteiger partial charge in [0.05, 0.1) is 22.2 Å². The van der Waals surface area contributed by atoms with Gasteiger partial charge in [0, 0.05) is 24.1 Å². The smallest absolute Gasteiger partial charge is 0.147 e. The third kappa shape index (κ3) is 6.33. The molecule has 1 atom stereocenters. The molecule has 0 spiro atoms. The maximum absolute atomic E-state index is 10.1. The van der Waals surface area contributed by atoms with Gasteiger partial charge < -0.3 is 27.0 Å². The summed E-state index contributed by atoms with van der Waals surface area (Å²) in [5.74, 6) is 0.703. The van der Waals surface area contributed by atoms with Crippen molar-refractivity contribution in [3.63, 3.8) is 0 Å². The Morgan fingerprint density at radius 2 is 1.76 bits per heavy atom. The summed E-state index contributed by atoms with van der Waals surface area (Å²) in [6.07, 6.45) is -0.518. The fourth-order valence-corrected chi connectivity index (χ4v) is 4.47. The Morgan fingerprint density at radius 1 is 1.19 bits per heavy atom. The monoisotopic (exact) mass is 506 g/mol. The van der Waals surface area contributed by atoms with Gasteiger partial charge in [-0.1, -0.05) is 15.9 Å². The average molecular weight is 509 g/mol. The number of hydrogen-bond acceptors (Lipinski definition) is 4. The molecule has 1 aromatic carbocycles. The molecule has 1 aliphatic rings. The van der Waals surface area contributed by atoms with Gasteiger partial charge in [0.1, 0.15) is 18.5 Å². The summed E-state index contributed by atoms with van der Waals surface area (Å²) < 4.78 is 13.6. The van der Waals surface area contributed by atoms with Crippen LogP contribution in [0.3, 0.4) is 0 Å². The molecule has 120 valence electrons. The summed E-state index contributed by atoms with van der Waals surface area (Å²) in [6.45, 7) is 4.06. The number of β-amino-alcohol motifs (C(OH)–C–C–N with tert-alkyl or cyclic N) is 1. The largest absolute Gasteiger partial charge is 1.00 e. The Kier molecular flexibility index (Phi) is 9.09. The van der Waals surface area contributed by atoms with Crippen LogP contribution in [0, 0.1) is 0 Å². The van der Waals surface area contributed by atoms with Crippen molar-refractivity contribution < 1.29 is 27.0 Å². The third-order valence-electron chi connectivity index (χ3n) is 2.96. The van der Waals surface area contributed by atoms with E-state index < -0.39 is 6.10 Å². The van der Waals surface area contributed by atoms with Gasteiger partial charge in [-0.3, -0.25) is 4.90 Å². The van der Waals surface area contributed by atoms with E-state index in [-0.39, 0.29) is 19.0 Å². The van der Waals surface area contributed by atoms with E-state index in [0.29, 0.717) is 12.3 Å². The van der Waals surface area contributed by atoms with Gasteiger partial charge in [0.2, 0.25) is 0 Å². The first-order valence-electron chi connectivity index (χ1n) is 6.32. The molecule has 1 N–H and O–H groups in total. The number of ether oxygens (including phenoxy) is 2. The van der Waals surface area contributed by atoms with Crippen LogP contribution in [0.5, 0.6) is 5.75 Å². The van der Waals surface area contributed by atoms with E-state index >= 15 is 0 Å². The number of aliphatic hydroxyl groups is 1. The van der Waals surface area contributed by atoms with Crippen molar-refractivity contribution in [1.29, 1.82) is 0 Å². The first-order valence-corrected chi connectivity index (χ1v) is 8.69. The summed E-state index contributed by atoms with van der Waals surface area (Å²) in [4.78, 5) is 2.18. The first-order chi connectivity index (χ1) is 9.56. The highest BCUT2D eigenvalue weighted by molar-refractivity contribution is 9.11. The Morgan fingerprint density at radius 3 is 2.33 bits per heavy atom. The van der Waals surface area contributed by atoms with Crippen LogP contribution in [0.15, 0.2) is 25.6 Å². The van der Waals surface area contributed by atoms with Gasteiger partial charge in [-0.15, -0.1) is 0 Å². The number of benzene rings is 1. The molecule has 1 aliphatic heterocycles. The molecule has 0 bridgehead atoms. The lowest BCUT2D eigenvalue weighted by Gasteiger charge is -2.28. The Bertz CT molecular complexity index is 435. The number of halogens is 4. The SMILES string of the molecule is OC(COc1c(Br)cc(Br)cc1Br)CN1CCOCC1.[Cl-]. The number of rotatable bonds is 5. The fraction of sp³-hybridized carbons (Fsp3) is 0.538. The van der Waals surface area contributed by atoms with Crippen molar-refractivity contribution >= 4 is 47.8 Å². The molecule has 1 saturated heterocycles. The molecule has 0 amide bonds. The molecule has 21 heavy (non-hydrogen) atoms. The lowest BCUT2D eigenvalue weighted by atomic mass is 10.3. The van der Waals surface area contributed by atoms with E-state index in [1.165, 1.54) is 0 Å². The Hall–Kier alpha value is 0.630. The van der Waals surface area contributed by atoms with Crippen LogP contribution in [0.25, 0.3) is 0 Å². The normalized spacial score (nSPS) is 17.1. The zero-order chi connectivity index (χ0) is 14.5. The molecule has 1 aromatic rings. The first kappa shape index (κ1) is 19.7. The summed E-state index contributed by atoms with van der Waals surface area (Å²) in [6, 6.07) is 3.82. The molecule has 2 rings (SSSR count). The Labute approximate surface area is 156 Å². The van der Waals surface area contributed by atoms with Crippen LogP contribution in [0.1, 0.15) is 0 Å². The average Bonchev–Trinajstić information content (AvgIpc) is 2.38. The van der Waals surface area contributed by atoms with E-state index in [4.69, 9.17) is 9.47 Å². The van der Waals surface area contributed by atoms with E-state index in [1.54, 1.807) is 0 Å². The van der Waals surface area contributed by atoms with Crippen LogP contribution in [0.2, 0.25) is 0 Å². The van der Waals surface area contributed by atoms with E-state index in [2.05, 4.69) is 52.7 Å². The summed E-state index contributed by atoms with van der Waals surface area (Å²) in [5.41, 5.74) is 0. The van der Waals surface area contributed by atoms with Gasteiger partial charge in [-0.25, -0.2) is 0 Å². The number of nitrogens with zero attached hydrogens (tertiary/aromatic N) is 1. The highest BCUT2D eigenvalue weighted by atomic mass is 79.9. The minimum absolute atomic E-state index is 0. The molecule has 1 unspecified atom stereocenters. The van der Waals surface area contributed by atoms with Crippen LogP contribution < -0.4 is 17.1 Å². The molecule has 0 radical (unpaired) electrons. The number of hydrogen-bond donors (Lipinski definition) is 1. The number of aliphatic hydroxyl groups excluding tert-OH is 1. The second-order valence-electron chi connectivity index (χ2n) is 4.58. The third-order valence-corrected chi connectivity index (χ3v) is 4.59. The van der Waals surface area contributed by atoms with Crippen molar-refractivity contribution in [3.8, 4) is 5.75 Å². The summed E-state index contributed by atoms with van der Waals surface area (Å²) in [5, 5.41) is 10.1. The van der Waals surface area contributed by atoms with Crippen LogP contribution >= 0.6 is 47.8 Å². The molecular weight excluding hydrogens is 493 g/mol. The van der Waals surface area contributed by atoms with Gasteiger partial charge >= 0.3 is 0 Å². The minimum atomic E-state index is -0.518. The van der Waals surface area contributed by atoms with Gasteiger partial charge in [0.25, 0.3) is 0 Å². The van der Waals surface area contributed by atoms with Gasteiger partial charge in [0.15, 0.2) is 0 Å². The number of morpholine rings is 1. The minimum Gasteiger partial charge on any atom is -1.00 e. The highest BCUT2D eigenvalue weighted by Gasteiger charge is 2.16. The van der Waals surface area contributed by atoms with E-state index in [0.717, 1.165) is 39.7 Å². The topological polar surface area (TPSA) is 41.9 Å². The predicted molar refractivity (Wildman–Crippen MR) is 88.3 cm³/mol. The summed E-state index contributed by atoms with van der Waals surface area (Å²) in [7, 11) is 0. The molecule has 1 heterocycles. The van der Waals surface area contributed by atoms with E-state index in [1.807, 2.05) is 12.1 Å². The Balaban J connectivity index is 0.00000220. The van der Waals surface area contributed by atoms with Gasteiger partial charge in [-0.2, -0.15) is 0 Å². The zero-order valence-corrected chi connectivity index (χ0v) is 16.7. The molecule has 0 aromatic heterocycles. The maximum atomic E-state index is 10.1. The van der Waals surface area contributed by atoms with Crippen molar-refractivity contribution in [3.05, 3.63) is 25.6 Å². The second kappa shape index (κ2) is 9.70. The molecule has 4 nitrogen and oxygen atoms in total.